The van der Waals surface area contributed by atoms with Crippen LogP contribution < -0.4 is 0 Å². The Bertz CT molecular complexity index is 275. The van der Waals surface area contributed by atoms with E-state index in [9.17, 15) is 0 Å². The Hall–Kier alpha value is -0.600. The minimum absolute atomic E-state index is 0.560. The zero-order valence-electron chi connectivity index (χ0n) is 14.2. The van der Waals surface area contributed by atoms with Crippen LogP contribution in [0.3, 0.4) is 0 Å². The fourth-order valence-electron chi connectivity index (χ4n) is 1.96. The van der Waals surface area contributed by atoms with Crippen molar-refractivity contribution in [3.63, 3.8) is 0 Å². The van der Waals surface area contributed by atoms with Crippen LogP contribution in [0, 0.1) is 5.92 Å². The first-order valence-electron chi connectivity index (χ1n) is 8.13. The molecule has 0 rings (SSSR count). The van der Waals surface area contributed by atoms with Crippen LogP contribution in [-0.2, 0) is 9.78 Å². The number of unbranched alkanes of at least 4 members (excludes halogenated alkanes) is 1. The number of allylic oxidation sites excluding steroid dienone is 3. The van der Waals surface area contributed by atoms with Crippen LogP contribution in [0.4, 0.5) is 0 Å². The Labute approximate surface area is 126 Å². The monoisotopic (exact) mass is 282 g/mol. The van der Waals surface area contributed by atoms with Gasteiger partial charge in [0.05, 0.1) is 6.61 Å². The third kappa shape index (κ3) is 12.4. The topological polar surface area (TPSA) is 18.5 Å². The molecule has 0 saturated heterocycles. The molecule has 0 amide bonds. The van der Waals surface area contributed by atoms with Crippen molar-refractivity contribution in [3.8, 4) is 0 Å². The van der Waals surface area contributed by atoms with Gasteiger partial charge in [0.15, 0.2) is 0 Å². The molecule has 118 valence electrons. The lowest BCUT2D eigenvalue weighted by Gasteiger charge is -2.13. The average Bonchev–Trinajstić information content (AvgIpc) is 2.41. The van der Waals surface area contributed by atoms with Gasteiger partial charge in [0, 0.05) is 0 Å². The van der Waals surface area contributed by atoms with Crippen molar-refractivity contribution < 1.29 is 9.78 Å². The summed E-state index contributed by atoms with van der Waals surface area (Å²) in [4.78, 5) is 10.6. The minimum Gasteiger partial charge on any atom is -0.236 e. The second-order valence-electron chi connectivity index (χ2n) is 5.86. The van der Waals surface area contributed by atoms with Gasteiger partial charge in [-0.25, -0.2) is 9.78 Å². The van der Waals surface area contributed by atoms with E-state index in [4.69, 9.17) is 9.78 Å². The van der Waals surface area contributed by atoms with Gasteiger partial charge in [-0.15, -0.1) is 0 Å². The Morgan fingerprint density at radius 2 is 1.80 bits per heavy atom. The molecule has 0 aliphatic carbocycles. The van der Waals surface area contributed by atoms with E-state index >= 15 is 0 Å². The molecule has 2 nitrogen and oxygen atoms in total. The number of hydrogen-bond acceptors (Lipinski definition) is 2. The molecule has 0 spiro atoms. The predicted molar refractivity (Wildman–Crippen MR) is 87.6 cm³/mol. The van der Waals surface area contributed by atoms with Crippen LogP contribution in [0.25, 0.3) is 0 Å². The van der Waals surface area contributed by atoms with Crippen LogP contribution in [0.15, 0.2) is 23.3 Å². The Morgan fingerprint density at radius 3 is 2.40 bits per heavy atom. The van der Waals surface area contributed by atoms with Crippen molar-refractivity contribution >= 4 is 0 Å². The van der Waals surface area contributed by atoms with Crippen molar-refractivity contribution in [2.45, 2.75) is 73.1 Å². The van der Waals surface area contributed by atoms with Gasteiger partial charge in [-0.1, -0.05) is 56.4 Å². The summed E-state index contributed by atoms with van der Waals surface area (Å²) in [6.45, 7) is 12.2. The van der Waals surface area contributed by atoms with Crippen molar-refractivity contribution in [1.29, 1.82) is 0 Å². The zero-order chi connectivity index (χ0) is 15.2. The van der Waals surface area contributed by atoms with E-state index in [1.807, 2.05) is 0 Å². The molecule has 0 N–H and O–H groups in total. The average molecular weight is 282 g/mol. The van der Waals surface area contributed by atoms with Gasteiger partial charge in [-0.3, -0.25) is 0 Å². The predicted octanol–water partition coefficient (Wildman–Crippen LogP) is 5.84. The van der Waals surface area contributed by atoms with Crippen LogP contribution in [0.2, 0.25) is 0 Å². The summed E-state index contributed by atoms with van der Waals surface area (Å²) in [7, 11) is 0. The SMILES string of the molecule is CCCCC(CC)COOC/C=C(\C)CCC=C(C)C. The quantitative estimate of drug-likeness (QED) is 0.194. The van der Waals surface area contributed by atoms with Gasteiger partial charge < -0.3 is 0 Å². The van der Waals surface area contributed by atoms with Crippen molar-refractivity contribution in [2.24, 2.45) is 5.92 Å². The van der Waals surface area contributed by atoms with Gasteiger partial charge >= 0.3 is 0 Å². The van der Waals surface area contributed by atoms with E-state index in [1.165, 1.54) is 36.8 Å². The fraction of sp³-hybridized carbons (Fsp3) is 0.778. The van der Waals surface area contributed by atoms with E-state index in [1.54, 1.807) is 0 Å². The molecule has 0 saturated carbocycles. The first kappa shape index (κ1) is 19.4. The molecular formula is C18H34O2. The van der Waals surface area contributed by atoms with E-state index in [-0.39, 0.29) is 0 Å². The zero-order valence-corrected chi connectivity index (χ0v) is 14.2. The van der Waals surface area contributed by atoms with Gasteiger partial charge in [0.25, 0.3) is 0 Å². The van der Waals surface area contributed by atoms with E-state index in [2.05, 4.69) is 46.8 Å². The maximum Gasteiger partial charge on any atom is 0.101 e. The summed E-state index contributed by atoms with van der Waals surface area (Å²) < 4.78 is 0. The van der Waals surface area contributed by atoms with Crippen molar-refractivity contribution in [3.05, 3.63) is 23.3 Å². The van der Waals surface area contributed by atoms with Crippen molar-refractivity contribution in [2.75, 3.05) is 13.2 Å². The summed E-state index contributed by atoms with van der Waals surface area (Å²) in [6.07, 6.45) is 11.5. The largest absolute Gasteiger partial charge is 0.236 e. The van der Waals surface area contributed by atoms with Crippen LogP contribution in [-0.4, -0.2) is 13.2 Å². The summed E-state index contributed by atoms with van der Waals surface area (Å²) in [5.41, 5.74) is 2.75. The molecule has 0 aliphatic heterocycles. The Kier molecular flexibility index (Phi) is 13.0. The molecule has 1 atom stereocenters. The third-order valence-corrected chi connectivity index (χ3v) is 3.52. The number of hydrogen-bond donors (Lipinski definition) is 0. The maximum atomic E-state index is 5.32. The molecule has 0 aromatic heterocycles. The van der Waals surface area contributed by atoms with E-state index < -0.39 is 0 Å². The third-order valence-electron chi connectivity index (χ3n) is 3.52. The highest BCUT2D eigenvalue weighted by Crippen LogP contribution is 2.13. The molecule has 20 heavy (non-hydrogen) atoms. The number of rotatable bonds is 12. The first-order chi connectivity index (χ1) is 9.60. The summed E-state index contributed by atoms with van der Waals surface area (Å²) in [5.74, 6) is 0.637. The molecule has 1 unspecified atom stereocenters. The van der Waals surface area contributed by atoms with Crippen LogP contribution in [0.1, 0.15) is 73.1 Å². The summed E-state index contributed by atoms with van der Waals surface area (Å²) in [6, 6.07) is 0. The summed E-state index contributed by atoms with van der Waals surface area (Å²) in [5, 5.41) is 0. The van der Waals surface area contributed by atoms with Crippen molar-refractivity contribution in [1.82, 2.24) is 0 Å². The van der Waals surface area contributed by atoms with Gasteiger partial charge in [0.2, 0.25) is 0 Å². The van der Waals surface area contributed by atoms with Gasteiger partial charge in [0.1, 0.15) is 6.61 Å². The van der Waals surface area contributed by atoms with Crippen LogP contribution >= 0.6 is 0 Å². The molecule has 0 heterocycles. The molecule has 0 radical (unpaired) electrons. The lowest BCUT2D eigenvalue weighted by atomic mass is 10.0. The highest BCUT2D eigenvalue weighted by Gasteiger charge is 2.05. The molecular weight excluding hydrogens is 248 g/mol. The molecule has 2 heteroatoms. The summed E-state index contributed by atoms with van der Waals surface area (Å²) >= 11 is 0. The first-order valence-corrected chi connectivity index (χ1v) is 8.13. The van der Waals surface area contributed by atoms with Gasteiger partial charge in [-0.05, 0) is 46.0 Å². The second kappa shape index (κ2) is 13.4. The maximum absolute atomic E-state index is 5.32. The second-order valence-corrected chi connectivity index (χ2v) is 5.86. The smallest absolute Gasteiger partial charge is 0.101 e. The Morgan fingerprint density at radius 1 is 1.05 bits per heavy atom. The van der Waals surface area contributed by atoms with E-state index in [0.717, 1.165) is 19.4 Å². The molecule has 0 fully saturated rings. The molecule has 0 aliphatic rings. The highest BCUT2D eigenvalue weighted by molar-refractivity contribution is 5.02. The molecule has 0 aromatic rings. The Balaban J connectivity index is 3.65. The van der Waals surface area contributed by atoms with Crippen LogP contribution in [0.5, 0.6) is 0 Å². The highest BCUT2D eigenvalue weighted by atomic mass is 17.2. The normalized spacial score (nSPS) is 13.3. The minimum atomic E-state index is 0.560. The fourth-order valence-corrected chi connectivity index (χ4v) is 1.96. The van der Waals surface area contributed by atoms with E-state index in [0.29, 0.717) is 12.5 Å². The molecule has 0 bridgehead atoms. The lowest BCUT2D eigenvalue weighted by Crippen LogP contribution is -2.09. The standard InChI is InChI=1S/C18H34O2/c1-6-8-12-18(7-2)15-20-19-14-13-17(5)11-9-10-16(3)4/h10,13,18H,6-9,11-12,14-15H2,1-5H3/b17-13+. The molecule has 0 aromatic carbocycles. The lowest BCUT2D eigenvalue weighted by molar-refractivity contribution is -0.293. The van der Waals surface area contributed by atoms with Gasteiger partial charge in [-0.2, -0.15) is 0 Å².